The van der Waals surface area contributed by atoms with E-state index >= 15 is 0 Å². The maximum Gasteiger partial charge on any atom is 0.314 e. The first-order valence-corrected chi connectivity index (χ1v) is 8.56. The summed E-state index contributed by atoms with van der Waals surface area (Å²) in [5.41, 5.74) is 1.11. The number of urea groups is 1. The fourth-order valence-corrected chi connectivity index (χ4v) is 2.27. The second-order valence-electron chi connectivity index (χ2n) is 5.77. The topological polar surface area (TPSA) is 59.6 Å². The van der Waals surface area contributed by atoms with Crippen LogP contribution in [-0.2, 0) is 6.42 Å². The van der Waals surface area contributed by atoms with E-state index in [1.54, 1.807) is 0 Å². The Balaban J connectivity index is 1.62. The van der Waals surface area contributed by atoms with Gasteiger partial charge in [-0.2, -0.15) is 0 Å². The van der Waals surface area contributed by atoms with Gasteiger partial charge in [0.15, 0.2) is 0 Å². The molecule has 2 rings (SSSR count). The fourth-order valence-electron chi connectivity index (χ4n) is 2.27. The number of para-hydroxylation sites is 1. The van der Waals surface area contributed by atoms with Crippen molar-refractivity contribution in [2.45, 2.75) is 19.4 Å². The molecule has 2 amide bonds. The molecule has 0 aliphatic rings. The largest absolute Gasteiger partial charge is 0.489 e. The van der Waals surface area contributed by atoms with Gasteiger partial charge in [-0.1, -0.05) is 36.3 Å². The maximum absolute atomic E-state index is 11.8. The molecule has 0 saturated heterocycles. The molecular formula is C21H24N2O3. The third-order valence-electron chi connectivity index (χ3n) is 3.58. The Morgan fingerprint density at radius 2 is 1.81 bits per heavy atom. The van der Waals surface area contributed by atoms with E-state index in [1.807, 2.05) is 61.5 Å². The number of hydrogen-bond acceptors (Lipinski definition) is 3. The van der Waals surface area contributed by atoms with Crippen molar-refractivity contribution in [1.29, 1.82) is 0 Å². The molecular weight excluding hydrogens is 328 g/mol. The van der Waals surface area contributed by atoms with Crippen molar-refractivity contribution in [1.82, 2.24) is 10.6 Å². The highest BCUT2D eigenvalue weighted by molar-refractivity contribution is 5.73. The van der Waals surface area contributed by atoms with Crippen LogP contribution in [0, 0.1) is 12.3 Å². The minimum Gasteiger partial charge on any atom is -0.489 e. The predicted octanol–water partition coefficient (Wildman–Crippen LogP) is 3.01. The van der Waals surface area contributed by atoms with E-state index in [0.29, 0.717) is 13.1 Å². The van der Waals surface area contributed by atoms with Gasteiger partial charge in [0.2, 0.25) is 0 Å². The summed E-state index contributed by atoms with van der Waals surface area (Å²) in [6, 6.07) is 17.0. The van der Waals surface area contributed by atoms with Gasteiger partial charge in [0.1, 0.15) is 24.2 Å². The van der Waals surface area contributed by atoms with Gasteiger partial charge in [-0.05, 0) is 43.2 Å². The van der Waals surface area contributed by atoms with Crippen LogP contribution in [0.15, 0.2) is 54.6 Å². The first-order chi connectivity index (χ1) is 12.7. The van der Waals surface area contributed by atoms with E-state index in [2.05, 4.69) is 16.6 Å². The van der Waals surface area contributed by atoms with Gasteiger partial charge in [-0.3, -0.25) is 0 Å². The van der Waals surface area contributed by atoms with Crippen LogP contribution < -0.4 is 20.1 Å². The lowest BCUT2D eigenvalue weighted by Gasteiger charge is -2.15. The van der Waals surface area contributed by atoms with Gasteiger partial charge in [0.05, 0.1) is 6.54 Å². The van der Waals surface area contributed by atoms with E-state index in [1.165, 1.54) is 0 Å². The minimum absolute atomic E-state index is 0.112. The number of amides is 2. The Bertz CT molecular complexity index is 708. The van der Waals surface area contributed by atoms with Crippen molar-refractivity contribution in [2.75, 3.05) is 19.7 Å². The zero-order valence-electron chi connectivity index (χ0n) is 14.9. The minimum atomic E-state index is -0.206. The average molecular weight is 352 g/mol. The molecule has 0 aliphatic heterocycles. The van der Waals surface area contributed by atoms with E-state index in [9.17, 15) is 4.79 Å². The van der Waals surface area contributed by atoms with E-state index < -0.39 is 0 Å². The van der Waals surface area contributed by atoms with Gasteiger partial charge >= 0.3 is 6.03 Å². The molecule has 2 aromatic rings. The summed E-state index contributed by atoms with van der Waals surface area (Å²) >= 11 is 0. The van der Waals surface area contributed by atoms with Gasteiger partial charge < -0.3 is 20.1 Å². The van der Waals surface area contributed by atoms with Gasteiger partial charge in [-0.15, -0.1) is 6.42 Å². The Labute approximate surface area is 154 Å². The van der Waals surface area contributed by atoms with Crippen LogP contribution >= 0.6 is 0 Å². The number of hydrogen-bond donors (Lipinski definition) is 2. The van der Waals surface area contributed by atoms with E-state index in [0.717, 1.165) is 23.5 Å². The summed E-state index contributed by atoms with van der Waals surface area (Å²) in [6.45, 7) is 3.15. The molecule has 0 radical (unpaired) electrons. The quantitative estimate of drug-likeness (QED) is 0.682. The number of benzene rings is 2. The molecule has 1 unspecified atom stereocenters. The summed E-state index contributed by atoms with van der Waals surface area (Å²) in [4.78, 5) is 11.8. The van der Waals surface area contributed by atoms with Crippen LogP contribution in [0.25, 0.3) is 0 Å². The summed E-state index contributed by atoms with van der Waals surface area (Å²) in [5, 5.41) is 5.64. The fraction of sp³-hybridized carbons (Fsp3) is 0.286. The molecule has 0 saturated carbocycles. The van der Waals surface area contributed by atoms with E-state index in [4.69, 9.17) is 15.9 Å². The third-order valence-corrected chi connectivity index (χ3v) is 3.58. The highest BCUT2D eigenvalue weighted by Gasteiger charge is 2.06. The van der Waals surface area contributed by atoms with Crippen molar-refractivity contribution in [3.63, 3.8) is 0 Å². The molecule has 5 heteroatoms. The van der Waals surface area contributed by atoms with Crippen LogP contribution in [0.3, 0.4) is 0 Å². The summed E-state index contributed by atoms with van der Waals surface area (Å²) in [5.74, 6) is 3.95. The molecule has 2 N–H and O–H groups in total. The van der Waals surface area contributed by atoms with Crippen molar-refractivity contribution in [2.24, 2.45) is 0 Å². The summed E-state index contributed by atoms with van der Waals surface area (Å²) < 4.78 is 11.0. The van der Waals surface area contributed by atoms with Crippen LogP contribution in [0.4, 0.5) is 4.79 Å². The molecule has 0 aromatic heterocycles. The zero-order chi connectivity index (χ0) is 18.6. The lowest BCUT2D eigenvalue weighted by Crippen LogP contribution is -2.41. The Kier molecular flexibility index (Phi) is 7.88. The van der Waals surface area contributed by atoms with Crippen molar-refractivity contribution in [3.05, 3.63) is 60.2 Å². The van der Waals surface area contributed by atoms with E-state index in [-0.39, 0.29) is 18.7 Å². The zero-order valence-corrected chi connectivity index (χ0v) is 14.9. The molecule has 5 nitrogen and oxygen atoms in total. The molecule has 0 aliphatic carbocycles. The molecule has 0 heterocycles. The lowest BCUT2D eigenvalue weighted by atomic mass is 10.1. The van der Waals surface area contributed by atoms with Crippen molar-refractivity contribution < 1.29 is 14.3 Å². The SMILES string of the molecule is C#CCOc1ccc(CCNC(=O)NCC(C)Oc2ccccc2)cc1. The number of carbonyl (C=O) groups is 1. The summed E-state index contributed by atoms with van der Waals surface area (Å²) in [6.07, 6.45) is 5.78. The second kappa shape index (κ2) is 10.7. The highest BCUT2D eigenvalue weighted by Crippen LogP contribution is 2.12. The van der Waals surface area contributed by atoms with Crippen molar-refractivity contribution >= 4 is 6.03 Å². The highest BCUT2D eigenvalue weighted by atomic mass is 16.5. The standard InChI is InChI=1S/C21H24N2O3/c1-3-15-25-19-11-9-18(10-12-19)13-14-22-21(24)23-16-17(2)26-20-7-5-4-6-8-20/h1,4-12,17H,13-16H2,2H3,(H2,22,23,24). The molecule has 1 atom stereocenters. The normalized spacial score (nSPS) is 11.1. The Morgan fingerprint density at radius 3 is 2.50 bits per heavy atom. The number of ether oxygens (including phenoxy) is 2. The third kappa shape index (κ3) is 7.18. The Morgan fingerprint density at radius 1 is 1.08 bits per heavy atom. The lowest BCUT2D eigenvalue weighted by molar-refractivity contribution is 0.208. The number of nitrogens with one attached hydrogen (secondary N) is 2. The molecule has 0 bridgehead atoms. The second-order valence-corrected chi connectivity index (χ2v) is 5.77. The summed E-state index contributed by atoms with van der Waals surface area (Å²) in [7, 11) is 0. The van der Waals surface area contributed by atoms with Gasteiger partial charge in [0, 0.05) is 6.54 Å². The number of terminal acetylenes is 1. The maximum atomic E-state index is 11.8. The number of rotatable bonds is 9. The molecule has 136 valence electrons. The predicted molar refractivity (Wildman–Crippen MR) is 102 cm³/mol. The van der Waals surface area contributed by atoms with Crippen LogP contribution in [0.2, 0.25) is 0 Å². The average Bonchev–Trinajstić information content (AvgIpc) is 2.66. The molecule has 2 aromatic carbocycles. The van der Waals surface area contributed by atoms with Crippen LogP contribution in [-0.4, -0.2) is 31.8 Å². The smallest absolute Gasteiger partial charge is 0.314 e. The first kappa shape index (κ1) is 19.2. The molecule has 26 heavy (non-hydrogen) atoms. The molecule has 0 fully saturated rings. The van der Waals surface area contributed by atoms with Crippen LogP contribution in [0.1, 0.15) is 12.5 Å². The Hall–Kier alpha value is -3.13. The molecule has 0 spiro atoms. The number of carbonyl (C=O) groups excluding carboxylic acids is 1. The van der Waals surface area contributed by atoms with Gasteiger partial charge in [0.25, 0.3) is 0 Å². The monoisotopic (exact) mass is 352 g/mol. The first-order valence-electron chi connectivity index (χ1n) is 8.56. The van der Waals surface area contributed by atoms with Crippen LogP contribution in [0.5, 0.6) is 11.5 Å². The van der Waals surface area contributed by atoms with Gasteiger partial charge in [-0.25, -0.2) is 4.79 Å². The van der Waals surface area contributed by atoms with Crippen molar-refractivity contribution in [3.8, 4) is 23.8 Å².